The first-order valence-corrected chi connectivity index (χ1v) is 10.6. The minimum absolute atomic E-state index is 0.0700. The van der Waals surface area contributed by atoms with Crippen LogP contribution in [-0.2, 0) is 16.0 Å². The number of methoxy groups -OCH3 is 1. The Hall–Kier alpha value is -3.79. The number of amides is 2. The van der Waals surface area contributed by atoms with Gasteiger partial charge in [-0.1, -0.05) is 13.3 Å². The molecule has 2 aliphatic heterocycles. The number of anilines is 1. The number of hydrogen-bond acceptors (Lipinski definition) is 6. The molecule has 1 aromatic carbocycles. The lowest BCUT2D eigenvalue weighted by Crippen LogP contribution is -2.43. The van der Waals surface area contributed by atoms with Crippen molar-refractivity contribution in [1.82, 2.24) is 4.90 Å². The number of allylic oxidation sites excluding steroid dienone is 3. The standard InChI is InChI=1S/C25H27N3O4/c1-4-5-12-28-24(30)21(17(2)22(16-26)25(28)31)15-19(29)7-6-11-27-13-10-18-14-20(32-3)8-9-23(18)27/h6-9,11,14-15,29H,4-5,10,12-13H2,1-3H3/b11-6+,19-7-,21-15-. The van der Waals surface area contributed by atoms with Crippen LogP contribution in [0.4, 0.5) is 5.69 Å². The molecule has 0 spiro atoms. The number of aliphatic hydroxyl groups is 1. The number of nitrogens with zero attached hydrogens (tertiary/aromatic N) is 3. The Balaban J connectivity index is 1.81. The van der Waals surface area contributed by atoms with Crippen LogP contribution in [0.15, 0.2) is 65.1 Å². The van der Waals surface area contributed by atoms with Crippen molar-refractivity contribution in [1.29, 1.82) is 5.26 Å². The molecule has 0 atom stereocenters. The Morgan fingerprint density at radius 3 is 2.78 bits per heavy atom. The maximum atomic E-state index is 12.8. The molecular weight excluding hydrogens is 406 g/mol. The number of nitriles is 1. The molecule has 0 bridgehead atoms. The van der Waals surface area contributed by atoms with Gasteiger partial charge in [-0.25, -0.2) is 0 Å². The van der Waals surface area contributed by atoms with Gasteiger partial charge in [-0.05, 0) is 67.3 Å². The van der Waals surface area contributed by atoms with E-state index >= 15 is 0 Å². The zero-order valence-corrected chi connectivity index (χ0v) is 18.6. The summed E-state index contributed by atoms with van der Waals surface area (Å²) in [5.74, 6) is -0.387. The van der Waals surface area contributed by atoms with Crippen LogP contribution < -0.4 is 9.64 Å². The van der Waals surface area contributed by atoms with Gasteiger partial charge in [-0.2, -0.15) is 5.26 Å². The largest absolute Gasteiger partial charge is 0.508 e. The van der Waals surface area contributed by atoms with E-state index in [1.807, 2.05) is 37.4 Å². The average molecular weight is 434 g/mol. The Labute approximate surface area is 188 Å². The van der Waals surface area contributed by atoms with Crippen molar-refractivity contribution in [2.45, 2.75) is 33.1 Å². The Morgan fingerprint density at radius 1 is 1.31 bits per heavy atom. The molecule has 0 unspecified atom stereocenters. The third-order valence-electron chi connectivity index (χ3n) is 5.60. The number of ether oxygens (including phenoxy) is 1. The lowest BCUT2D eigenvalue weighted by Gasteiger charge is -2.27. The van der Waals surface area contributed by atoms with Gasteiger partial charge in [0.25, 0.3) is 11.8 Å². The Morgan fingerprint density at radius 2 is 2.09 bits per heavy atom. The normalized spacial score (nSPS) is 18.1. The number of imide groups is 1. The molecule has 2 aliphatic rings. The zero-order valence-electron chi connectivity index (χ0n) is 18.6. The van der Waals surface area contributed by atoms with Crippen molar-refractivity contribution >= 4 is 17.5 Å². The molecule has 0 fully saturated rings. The molecule has 3 rings (SSSR count). The van der Waals surface area contributed by atoms with Crippen LogP contribution in [0.3, 0.4) is 0 Å². The molecule has 0 radical (unpaired) electrons. The smallest absolute Gasteiger partial charge is 0.271 e. The van der Waals surface area contributed by atoms with Crippen LogP contribution >= 0.6 is 0 Å². The molecule has 166 valence electrons. The first-order valence-electron chi connectivity index (χ1n) is 10.6. The molecule has 32 heavy (non-hydrogen) atoms. The summed E-state index contributed by atoms with van der Waals surface area (Å²) >= 11 is 0. The summed E-state index contributed by atoms with van der Waals surface area (Å²) in [4.78, 5) is 28.5. The summed E-state index contributed by atoms with van der Waals surface area (Å²) in [6.45, 7) is 4.57. The SMILES string of the molecule is CCCCN1C(=O)C(C#N)=C(C)/C(=C/C(O)=C/C=C/N2CCc3cc(OC)ccc32)C1=O. The Kier molecular flexibility index (Phi) is 7.16. The fourth-order valence-electron chi connectivity index (χ4n) is 3.78. The quantitative estimate of drug-likeness (QED) is 0.303. The molecular formula is C25H27N3O4. The third-order valence-corrected chi connectivity index (χ3v) is 5.60. The van der Waals surface area contributed by atoms with E-state index in [9.17, 15) is 20.0 Å². The average Bonchev–Trinajstić information content (AvgIpc) is 3.19. The van der Waals surface area contributed by atoms with Crippen LogP contribution in [0.5, 0.6) is 5.75 Å². The highest BCUT2D eigenvalue weighted by Gasteiger charge is 2.35. The van der Waals surface area contributed by atoms with Crippen LogP contribution in [0.25, 0.3) is 0 Å². The van der Waals surface area contributed by atoms with Crippen molar-refractivity contribution in [2.75, 3.05) is 25.1 Å². The molecule has 2 amide bonds. The predicted octanol–water partition coefficient (Wildman–Crippen LogP) is 3.95. The number of hydrogen-bond donors (Lipinski definition) is 1. The predicted molar refractivity (Wildman–Crippen MR) is 122 cm³/mol. The van der Waals surface area contributed by atoms with E-state index in [4.69, 9.17) is 4.74 Å². The van der Waals surface area contributed by atoms with Crippen molar-refractivity contribution < 1.29 is 19.4 Å². The van der Waals surface area contributed by atoms with Crippen LogP contribution in [-0.4, -0.2) is 42.0 Å². The molecule has 0 saturated heterocycles. The number of rotatable bonds is 7. The van der Waals surface area contributed by atoms with Crippen LogP contribution in [0, 0.1) is 11.3 Å². The van der Waals surface area contributed by atoms with Crippen molar-refractivity contribution in [2.24, 2.45) is 0 Å². The van der Waals surface area contributed by atoms with Gasteiger partial charge in [-0.3, -0.25) is 14.5 Å². The number of aliphatic hydroxyl groups excluding tert-OH is 1. The monoisotopic (exact) mass is 433 g/mol. The summed E-state index contributed by atoms with van der Waals surface area (Å²) in [6, 6.07) is 7.82. The highest BCUT2D eigenvalue weighted by molar-refractivity contribution is 6.18. The van der Waals surface area contributed by atoms with E-state index in [-0.39, 0.29) is 29.0 Å². The van der Waals surface area contributed by atoms with Crippen molar-refractivity contribution in [3.05, 3.63) is 70.7 Å². The number of carbonyl (C=O) groups excluding carboxylic acids is 2. The topological polar surface area (TPSA) is 93.9 Å². The van der Waals surface area contributed by atoms with Crippen LogP contribution in [0.1, 0.15) is 32.3 Å². The number of carbonyl (C=O) groups is 2. The molecule has 0 aromatic heterocycles. The number of unbranched alkanes of at least 4 members (excludes halogenated alkanes) is 1. The fraction of sp³-hybridized carbons (Fsp3) is 0.320. The second-order valence-corrected chi connectivity index (χ2v) is 7.66. The first kappa shape index (κ1) is 22.9. The van der Waals surface area contributed by atoms with E-state index in [0.29, 0.717) is 6.42 Å². The van der Waals surface area contributed by atoms with Crippen LogP contribution in [0.2, 0.25) is 0 Å². The maximum Gasteiger partial charge on any atom is 0.271 e. The van der Waals surface area contributed by atoms with E-state index in [0.717, 1.165) is 35.7 Å². The molecule has 1 aromatic rings. The summed E-state index contributed by atoms with van der Waals surface area (Å²) in [6.07, 6.45) is 8.70. The molecule has 7 nitrogen and oxygen atoms in total. The highest BCUT2D eigenvalue weighted by Crippen LogP contribution is 2.31. The highest BCUT2D eigenvalue weighted by atomic mass is 16.5. The van der Waals surface area contributed by atoms with Gasteiger partial charge >= 0.3 is 0 Å². The van der Waals surface area contributed by atoms with E-state index in [2.05, 4.69) is 4.90 Å². The molecule has 1 N–H and O–H groups in total. The second kappa shape index (κ2) is 10.0. The minimum Gasteiger partial charge on any atom is -0.508 e. The van der Waals surface area contributed by atoms with Gasteiger partial charge in [0.1, 0.15) is 23.2 Å². The molecule has 0 aliphatic carbocycles. The Bertz CT molecular complexity index is 1090. The second-order valence-electron chi connectivity index (χ2n) is 7.66. The van der Waals surface area contributed by atoms with E-state index < -0.39 is 11.8 Å². The molecule has 7 heteroatoms. The summed E-state index contributed by atoms with van der Waals surface area (Å²) < 4.78 is 5.27. The van der Waals surface area contributed by atoms with Crippen molar-refractivity contribution in [3.63, 3.8) is 0 Å². The van der Waals surface area contributed by atoms with Gasteiger partial charge in [0, 0.05) is 30.5 Å². The molecule has 0 saturated carbocycles. The lowest BCUT2D eigenvalue weighted by molar-refractivity contribution is -0.140. The lowest BCUT2D eigenvalue weighted by atomic mass is 9.94. The van der Waals surface area contributed by atoms with Crippen molar-refractivity contribution in [3.8, 4) is 11.8 Å². The maximum absolute atomic E-state index is 12.8. The fourth-order valence-corrected chi connectivity index (χ4v) is 3.78. The third kappa shape index (κ3) is 4.59. The van der Waals surface area contributed by atoms with Gasteiger partial charge in [0.05, 0.1) is 7.11 Å². The summed E-state index contributed by atoms with van der Waals surface area (Å²) in [7, 11) is 1.64. The van der Waals surface area contributed by atoms with E-state index in [1.165, 1.54) is 17.7 Å². The first-order chi connectivity index (χ1) is 15.4. The number of benzene rings is 1. The van der Waals surface area contributed by atoms with Gasteiger partial charge in [-0.15, -0.1) is 0 Å². The van der Waals surface area contributed by atoms with E-state index in [1.54, 1.807) is 20.1 Å². The van der Waals surface area contributed by atoms with Gasteiger partial charge in [0.15, 0.2) is 0 Å². The molecule has 2 heterocycles. The summed E-state index contributed by atoms with van der Waals surface area (Å²) in [5.41, 5.74) is 2.64. The van der Waals surface area contributed by atoms with Gasteiger partial charge < -0.3 is 14.7 Å². The van der Waals surface area contributed by atoms with Gasteiger partial charge in [0.2, 0.25) is 0 Å². The number of fused-ring (bicyclic) bond motifs is 1. The summed E-state index contributed by atoms with van der Waals surface area (Å²) in [5, 5.41) is 19.8. The zero-order chi connectivity index (χ0) is 23.3. The minimum atomic E-state index is -0.576.